The molecule has 0 saturated carbocycles. The summed E-state index contributed by atoms with van der Waals surface area (Å²) in [5.74, 6) is 0.146. The smallest absolute Gasteiger partial charge is 0.302 e. The van der Waals surface area contributed by atoms with Crippen molar-refractivity contribution in [1.82, 2.24) is 0 Å². The quantitative estimate of drug-likeness (QED) is 0.0691. The molecule has 13 heteroatoms. The Morgan fingerprint density at radius 1 is 1.05 bits per heavy atom. The number of thioether (sulfide) groups is 2. The highest BCUT2D eigenvalue weighted by Crippen LogP contribution is 2.57. The second kappa shape index (κ2) is 19.3. The van der Waals surface area contributed by atoms with E-state index in [4.69, 9.17) is 32.8 Å². The molecule has 1 N–H and O–H groups in total. The molecule has 0 aliphatic carbocycles. The van der Waals surface area contributed by atoms with Gasteiger partial charge in [0, 0.05) is 45.4 Å². The number of unbranched alkanes of at least 4 members (excludes halogenated alkanes) is 1. The second-order valence-corrected chi connectivity index (χ2v) is 26.5. The van der Waals surface area contributed by atoms with E-state index in [1.165, 1.54) is 13.8 Å². The molecule has 324 valence electrons. The number of allylic oxidation sites excluding steroid dienone is 1. The van der Waals surface area contributed by atoms with Gasteiger partial charge in [-0.2, -0.15) is 0 Å². The van der Waals surface area contributed by atoms with E-state index in [-0.39, 0.29) is 71.9 Å². The number of aliphatic hydroxyl groups is 1. The number of ether oxygens (including phenoxy) is 6. The molecule has 2 spiro atoms. The van der Waals surface area contributed by atoms with Gasteiger partial charge in [0.25, 0.3) is 0 Å². The zero-order valence-corrected chi connectivity index (χ0v) is 39.0. The van der Waals surface area contributed by atoms with Crippen LogP contribution in [0.2, 0.25) is 18.1 Å². The van der Waals surface area contributed by atoms with Crippen LogP contribution in [-0.4, -0.2) is 102 Å². The molecule has 5 rings (SSSR count). The van der Waals surface area contributed by atoms with Gasteiger partial charge in [-0.05, 0) is 79.2 Å². The molecular weight excluding hydrogens is 781 g/mol. The van der Waals surface area contributed by atoms with E-state index in [0.717, 1.165) is 62.0 Å². The van der Waals surface area contributed by atoms with Gasteiger partial charge >= 0.3 is 11.9 Å². The lowest BCUT2D eigenvalue weighted by Crippen LogP contribution is -2.53. The average molecular weight is 853 g/mol. The molecule has 0 aromatic rings. The van der Waals surface area contributed by atoms with Crippen molar-refractivity contribution in [2.24, 2.45) is 17.8 Å². The maximum absolute atomic E-state index is 12.5. The minimum Gasteiger partial charge on any atom is -0.466 e. The monoisotopic (exact) mass is 852 g/mol. The van der Waals surface area contributed by atoms with Crippen molar-refractivity contribution >= 4 is 43.8 Å². The van der Waals surface area contributed by atoms with Crippen molar-refractivity contribution in [3.05, 3.63) is 36.5 Å². The molecule has 0 aromatic carbocycles. The Hall–Kier alpha value is -1.16. The van der Waals surface area contributed by atoms with E-state index >= 15 is 0 Å². The fraction of sp³-hybridized carbons (Fsp3) is 0.818. The van der Waals surface area contributed by atoms with Gasteiger partial charge in [-0.15, -0.1) is 23.5 Å². The van der Waals surface area contributed by atoms with Crippen LogP contribution >= 0.6 is 23.5 Å². The fourth-order valence-electron chi connectivity index (χ4n) is 8.88. The van der Waals surface area contributed by atoms with Crippen molar-refractivity contribution < 1.29 is 47.5 Å². The Morgan fingerprint density at radius 3 is 2.42 bits per heavy atom. The zero-order valence-electron chi connectivity index (χ0n) is 36.3. The van der Waals surface area contributed by atoms with Crippen molar-refractivity contribution in [3.8, 4) is 0 Å². The van der Waals surface area contributed by atoms with E-state index in [1.54, 1.807) is 0 Å². The number of hydrogen-bond donors (Lipinski definition) is 1. The summed E-state index contributed by atoms with van der Waals surface area (Å²) < 4.78 is 44.3. The first-order valence-electron chi connectivity index (χ1n) is 21.3. The Morgan fingerprint density at radius 2 is 1.75 bits per heavy atom. The molecule has 4 fully saturated rings. The molecule has 4 saturated heterocycles. The number of carbonyl (C=O) groups is 2. The normalized spacial score (nSPS) is 33.6. The third-order valence-corrected chi connectivity index (χ3v) is 21.4. The Balaban J connectivity index is 1.25. The lowest BCUT2D eigenvalue weighted by atomic mass is 9.84. The van der Waals surface area contributed by atoms with Crippen molar-refractivity contribution in [2.45, 2.75) is 184 Å². The molecule has 0 bridgehead atoms. The van der Waals surface area contributed by atoms with Crippen LogP contribution in [0.15, 0.2) is 36.5 Å². The highest BCUT2D eigenvalue weighted by Gasteiger charge is 2.61. The summed E-state index contributed by atoms with van der Waals surface area (Å²) in [5, 5.41) is 12.5. The number of carbonyl (C=O) groups excluding carboxylic acids is 2. The molecule has 0 amide bonds. The summed E-state index contributed by atoms with van der Waals surface area (Å²) in [7, 11) is -2.20. The van der Waals surface area contributed by atoms with Gasteiger partial charge < -0.3 is 38.0 Å². The third-order valence-electron chi connectivity index (χ3n) is 13.1. The number of esters is 2. The molecule has 11 atom stereocenters. The maximum Gasteiger partial charge on any atom is 0.302 e. The standard InChI is InChI=1S/C44H72O10S2Si/c1-29(39(30(2)28-49-34(6)46)53-57(10,11)41(7,8)9)25-32(4)44(55-23-16-24-56-44)40(47)38-27-37-36(50-38)26-31(3)43(52-37)21-20-42(54-43)19-15-18-35(51-42)17-13-12-14-22-48-33(5)45/h13,15,17-18,29,31-32,35-40,47H,2,12,14,16,19-28H2,1,3-11H3/b17-13+/t29-,31+,32+,35+,36+,37+,38-,39-,40+,42-,43+/m0/s1. The van der Waals surface area contributed by atoms with Gasteiger partial charge in [0.15, 0.2) is 19.9 Å². The van der Waals surface area contributed by atoms with Crippen LogP contribution < -0.4 is 0 Å². The number of fused-ring (bicyclic) bond motifs is 1. The molecular formula is C44H72O10S2Si. The summed E-state index contributed by atoms with van der Waals surface area (Å²) in [5.41, 5.74) is 0.780. The van der Waals surface area contributed by atoms with Crippen LogP contribution in [0.1, 0.15) is 113 Å². The van der Waals surface area contributed by atoms with Gasteiger partial charge in [0.2, 0.25) is 0 Å². The highest BCUT2D eigenvalue weighted by molar-refractivity contribution is 8.18. The predicted octanol–water partition coefficient (Wildman–Crippen LogP) is 9.12. The van der Waals surface area contributed by atoms with Gasteiger partial charge in [-0.1, -0.05) is 72.4 Å². The van der Waals surface area contributed by atoms with E-state index in [9.17, 15) is 14.7 Å². The van der Waals surface area contributed by atoms with Crippen LogP contribution in [0.4, 0.5) is 0 Å². The summed E-state index contributed by atoms with van der Waals surface area (Å²) >= 11 is 3.76. The molecule has 0 radical (unpaired) electrons. The van der Waals surface area contributed by atoms with Crippen LogP contribution in [0.3, 0.4) is 0 Å². The predicted molar refractivity (Wildman–Crippen MR) is 230 cm³/mol. The SMILES string of the molecule is C=C(COC(C)=O)[C@@H](O[Si](C)(C)C(C)(C)C)[C@@H](C)C[C@@H](C)C1([C@H](O)[C@@H]2C[C@H]3O[C@@]4(CC[C@]5(CC=C[C@@H](/C=C/CCCOC(C)=O)O5)O4)[C@H](C)C[C@H]3O2)SCCCS1. The molecule has 0 unspecified atom stereocenters. The van der Waals surface area contributed by atoms with Crippen molar-refractivity contribution in [3.63, 3.8) is 0 Å². The maximum atomic E-state index is 12.5. The molecule has 57 heavy (non-hydrogen) atoms. The van der Waals surface area contributed by atoms with Crippen LogP contribution in [0.25, 0.3) is 0 Å². The minimum absolute atomic E-state index is 0.00120. The van der Waals surface area contributed by atoms with Crippen LogP contribution in [0, 0.1) is 17.8 Å². The van der Waals surface area contributed by atoms with E-state index in [0.29, 0.717) is 19.4 Å². The van der Waals surface area contributed by atoms with Crippen molar-refractivity contribution in [1.29, 1.82) is 0 Å². The summed E-state index contributed by atoms with van der Waals surface area (Å²) in [6.45, 7) is 25.7. The first-order chi connectivity index (χ1) is 26.7. The summed E-state index contributed by atoms with van der Waals surface area (Å²) in [4.78, 5) is 22.8. The lowest BCUT2D eigenvalue weighted by molar-refractivity contribution is -0.365. The lowest BCUT2D eigenvalue weighted by Gasteiger charge is -2.47. The van der Waals surface area contributed by atoms with Gasteiger partial charge in [0.1, 0.15) is 12.7 Å². The van der Waals surface area contributed by atoms with Gasteiger partial charge in [-0.3, -0.25) is 9.59 Å². The summed E-state index contributed by atoms with van der Waals surface area (Å²) in [6, 6.07) is 0. The molecule has 0 aromatic heterocycles. The molecule has 10 nitrogen and oxygen atoms in total. The fourth-order valence-corrected chi connectivity index (χ4v) is 13.9. The van der Waals surface area contributed by atoms with Gasteiger partial charge in [-0.25, -0.2) is 0 Å². The third kappa shape index (κ3) is 11.2. The van der Waals surface area contributed by atoms with Gasteiger partial charge in [0.05, 0.1) is 41.2 Å². The van der Waals surface area contributed by atoms with Crippen molar-refractivity contribution in [2.75, 3.05) is 24.7 Å². The topological polar surface area (TPSA) is 119 Å². The van der Waals surface area contributed by atoms with Crippen LogP contribution in [0.5, 0.6) is 0 Å². The van der Waals surface area contributed by atoms with E-state index in [1.807, 2.05) is 23.5 Å². The zero-order chi connectivity index (χ0) is 41.8. The number of hydrogen-bond acceptors (Lipinski definition) is 12. The number of rotatable bonds is 16. The molecule has 5 aliphatic heterocycles. The number of aliphatic hydroxyl groups excluding tert-OH is 1. The summed E-state index contributed by atoms with van der Waals surface area (Å²) in [6.07, 6.45) is 13.5. The average Bonchev–Trinajstić information content (AvgIpc) is 3.71. The minimum atomic E-state index is -2.20. The second-order valence-electron chi connectivity index (χ2n) is 18.8. The van der Waals surface area contributed by atoms with E-state index in [2.05, 4.69) is 85.5 Å². The highest BCUT2D eigenvalue weighted by atomic mass is 32.2. The van der Waals surface area contributed by atoms with E-state index < -0.39 is 30.1 Å². The Bertz CT molecular complexity index is 1460. The Labute approximate surface area is 352 Å². The van der Waals surface area contributed by atoms with Crippen LogP contribution in [-0.2, 0) is 42.4 Å². The Kier molecular flexibility index (Phi) is 15.8. The first-order valence-corrected chi connectivity index (χ1v) is 26.2. The largest absolute Gasteiger partial charge is 0.466 e. The molecule has 5 aliphatic rings. The first kappa shape index (κ1) is 46.9. The molecule has 5 heterocycles.